The number of fused-ring (bicyclic) bond motifs is 1. The molecule has 5 nitrogen and oxygen atoms in total. The van der Waals surface area contributed by atoms with Crippen molar-refractivity contribution >= 4 is 29.5 Å². The van der Waals surface area contributed by atoms with Crippen molar-refractivity contribution in [3.8, 4) is 17.6 Å². The molecule has 0 unspecified atom stereocenters. The fourth-order valence-electron chi connectivity index (χ4n) is 3.02. The summed E-state index contributed by atoms with van der Waals surface area (Å²) in [5, 5.41) is 0. The first kappa shape index (κ1) is 20.6. The lowest BCUT2D eigenvalue weighted by Crippen LogP contribution is -2.26. The molecule has 28 heavy (non-hydrogen) atoms. The maximum Gasteiger partial charge on any atom is 0.311 e. The van der Waals surface area contributed by atoms with Gasteiger partial charge in [-0.3, -0.25) is 9.78 Å². The van der Waals surface area contributed by atoms with Crippen LogP contribution in [0.15, 0.2) is 30.6 Å². The van der Waals surface area contributed by atoms with Crippen LogP contribution in [0, 0.1) is 11.8 Å². The zero-order chi connectivity index (χ0) is 20.0. The van der Waals surface area contributed by atoms with Gasteiger partial charge in [0, 0.05) is 23.7 Å². The van der Waals surface area contributed by atoms with Crippen molar-refractivity contribution < 1.29 is 14.3 Å². The molecule has 0 aliphatic carbocycles. The highest BCUT2D eigenvalue weighted by molar-refractivity contribution is 8.16. The minimum absolute atomic E-state index is 0.00929. The van der Waals surface area contributed by atoms with Gasteiger partial charge >= 0.3 is 5.97 Å². The summed E-state index contributed by atoms with van der Waals surface area (Å²) in [7, 11) is 0. The van der Waals surface area contributed by atoms with E-state index in [0.29, 0.717) is 18.0 Å². The summed E-state index contributed by atoms with van der Waals surface area (Å²) in [6.45, 7) is 2.85. The minimum atomic E-state index is -0.318. The predicted molar refractivity (Wildman–Crippen MR) is 114 cm³/mol. The molecular formula is C21H22N2O3S2. The topological polar surface area (TPSA) is 61.3 Å². The third kappa shape index (κ3) is 4.62. The summed E-state index contributed by atoms with van der Waals surface area (Å²) >= 11 is 3.68. The normalized spacial score (nSPS) is 14.2. The Balaban J connectivity index is 1.84. The highest BCUT2D eigenvalue weighted by Gasteiger charge is 2.36. The van der Waals surface area contributed by atoms with Gasteiger partial charge in [0.2, 0.25) is 0 Å². The van der Waals surface area contributed by atoms with Crippen molar-refractivity contribution in [3.05, 3.63) is 53.1 Å². The van der Waals surface area contributed by atoms with E-state index in [1.54, 1.807) is 19.3 Å². The second kappa shape index (κ2) is 9.35. The zero-order valence-corrected chi connectivity index (χ0v) is 17.8. The van der Waals surface area contributed by atoms with E-state index in [1.807, 2.05) is 35.7 Å². The lowest BCUT2D eigenvalue weighted by atomic mass is 10.0. The standard InChI is InChI=1S/C21H22N2O3S2/c1-4-25-20(24)12-17-14-22-13-16(23-17)7-5-15-6-8-19-18(11-15)21(27-2,28-3)9-10-26-19/h6,8,11,13-14H,4,9-10,12H2,1-3H3. The third-order valence-electron chi connectivity index (χ3n) is 4.39. The number of rotatable bonds is 5. The molecule has 2 heterocycles. The lowest BCUT2D eigenvalue weighted by Gasteiger charge is -2.36. The van der Waals surface area contributed by atoms with E-state index >= 15 is 0 Å². The van der Waals surface area contributed by atoms with Crippen LogP contribution in [0.3, 0.4) is 0 Å². The summed E-state index contributed by atoms with van der Waals surface area (Å²) in [5.41, 5.74) is 3.15. The van der Waals surface area contributed by atoms with Crippen molar-refractivity contribution in [1.82, 2.24) is 9.97 Å². The molecule has 146 valence electrons. The highest BCUT2D eigenvalue weighted by atomic mass is 32.2. The van der Waals surface area contributed by atoms with E-state index in [4.69, 9.17) is 9.47 Å². The van der Waals surface area contributed by atoms with Gasteiger partial charge < -0.3 is 9.47 Å². The van der Waals surface area contributed by atoms with Gasteiger partial charge in [0.25, 0.3) is 0 Å². The number of esters is 1. The minimum Gasteiger partial charge on any atom is -0.493 e. The average molecular weight is 415 g/mol. The Hall–Kier alpha value is -2.17. The molecule has 2 aromatic rings. The Kier molecular flexibility index (Phi) is 6.87. The smallest absolute Gasteiger partial charge is 0.311 e. The van der Waals surface area contributed by atoms with Gasteiger partial charge in [0.15, 0.2) is 0 Å². The molecule has 7 heteroatoms. The number of aromatic nitrogens is 2. The first-order valence-corrected chi connectivity index (χ1v) is 11.4. The quantitative estimate of drug-likeness (QED) is 0.420. The molecule has 0 atom stereocenters. The Labute approximate surface area is 174 Å². The Morgan fingerprint density at radius 2 is 2.11 bits per heavy atom. The second-order valence-electron chi connectivity index (χ2n) is 6.10. The SMILES string of the molecule is CCOC(=O)Cc1cncc(C#Cc2ccc3c(c2)C(SC)(SC)CCO3)n1. The van der Waals surface area contributed by atoms with Gasteiger partial charge in [-0.1, -0.05) is 5.92 Å². The van der Waals surface area contributed by atoms with Crippen LogP contribution in [0.25, 0.3) is 0 Å². The highest BCUT2D eigenvalue weighted by Crippen LogP contribution is 2.52. The molecule has 0 saturated carbocycles. The van der Waals surface area contributed by atoms with Crippen LogP contribution in [-0.2, 0) is 20.0 Å². The largest absolute Gasteiger partial charge is 0.493 e. The van der Waals surface area contributed by atoms with Crippen molar-refractivity contribution in [2.24, 2.45) is 0 Å². The van der Waals surface area contributed by atoms with Gasteiger partial charge in [-0.2, -0.15) is 0 Å². The Morgan fingerprint density at radius 1 is 1.29 bits per heavy atom. The molecule has 0 N–H and O–H groups in total. The van der Waals surface area contributed by atoms with Crippen LogP contribution in [0.1, 0.15) is 35.9 Å². The molecule has 1 aliphatic heterocycles. The summed E-state index contributed by atoms with van der Waals surface area (Å²) < 4.78 is 10.8. The monoisotopic (exact) mass is 414 g/mol. The zero-order valence-electron chi connectivity index (χ0n) is 16.2. The molecule has 0 bridgehead atoms. The molecule has 0 saturated heterocycles. The van der Waals surface area contributed by atoms with Gasteiger partial charge in [0.05, 0.1) is 35.6 Å². The van der Waals surface area contributed by atoms with Gasteiger partial charge in [-0.25, -0.2) is 4.98 Å². The second-order valence-corrected chi connectivity index (χ2v) is 8.57. The number of ether oxygens (including phenoxy) is 2. The predicted octanol–water partition coefficient (Wildman–Crippen LogP) is 3.64. The first-order valence-electron chi connectivity index (χ1n) is 8.96. The van der Waals surface area contributed by atoms with Gasteiger partial charge in [-0.15, -0.1) is 23.5 Å². The van der Waals surface area contributed by atoms with Crippen LogP contribution in [0.2, 0.25) is 0 Å². The maximum absolute atomic E-state index is 11.6. The van der Waals surface area contributed by atoms with E-state index in [2.05, 4.69) is 40.4 Å². The molecule has 0 fully saturated rings. The molecule has 1 aliphatic rings. The first-order chi connectivity index (χ1) is 13.6. The van der Waals surface area contributed by atoms with Crippen LogP contribution >= 0.6 is 23.5 Å². The fraction of sp³-hybridized carbons (Fsp3) is 0.381. The van der Waals surface area contributed by atoms with E-state index in [9.17, 15) is 4.79 Å². The number of hydrogen-bond donors (Lipinski definition) is 0. The Bertz CT molecular complexity index is 917. The number of nitrogens with zero attached hydrogens (tertiary/aromatic N) is 2. The van der Waals surface area contributed by atoms with E-state index in [1.165, 1.54) is 5.56 Å². The molecule has 0 amide bonds. The Morgan fingerprint density at radius 3 is 2.86 bits per heavy atom. The van der Waals surface area contributed by atoms with E-state index in [0.717, 1.165) is 24.3 Å². The summed E-state index contributed by atoms with van der Waals surface area (Å²) in [5.74, 6) is 6.82. The molecule has 1 aromatic carbocycles. The molecular weight excluding hydrogens is 392 g/mol. The number of carbonyl (C=O) groups excluding carboxylic acids is 1. The number of thioether (sulfide) groups is 2. The third-order valence-corrected chi connectivity index (χ3v) is 7.56. The van der Waals surface area contributed by atoms with Crippen LogP contribution < -0.4 is 4.74 Å². The molecule has 0 radical (unpaired) electrons. The lowest BCUT2D eigenvalue weighted by molar-refractivity contribution is -0.142. The van der Waals surface area contributed by atoms with E-state index < -0.39 is 0 Å². The van der Waals surface area contributed by atoms with Crippen molar-refractivity contribution in [2.45, 2.75) is 23.8 Å². The van der Waals surface area contributed by atoms with Gasteiger partial charge in [0.1, 0.15) is 11.4 Å². The summed E-state index contributed by atoms with van der Waals surface area (Å²) in [6.07, 6.45) is 8.47. The van der Waals surface area contributed by atoms with Crippen LogP contribution in [0.5, 0.6) is 5.75 Å². The van der Waals surface area contributed by atoms with E-state index in [-0.39, 0.29) is 16.5 Å². The summed E-state index contributed by atoms with van der Waals surface area (Å²) in [4.78, 5) is 20.1. The molecule has 0 spiro atoms. The van der Waals surface area contributed by atoms with Gasteiger partial charge in [-0.05, 0) is 43.6 Å². The summed E-state index contributed by atoms with van der Waals surface area (Å²) in [6, 6.07) is 6.05. The van der Waals surface area contributed by atoms with Crippen molar-refractivity contribution in [1.29, 1.82) is 0 Å². The van der Waals surface area contributed by atoms with Crippen molar-refractivity contribution in [3.63, 3.8) is 0 Å². The average Bonchev–Trinajstić information content (AvgIpc) is 2.72. The molecule has 3 rings (SSSR count). The number of carbonyl (C=O) groups is 1. The maximum atomic E-state index is 11.6. The van der Waals surface area contributed by atoms with Crippen molar-refractivity contribution in [2.75, 3.05) is 25.7 Å². The number of benzene rings is 1. The fourth-order valence-corrected chi connectivity index (χ4v) is 5.02. The van der Waals surface area contributed by atoms with Crippen LogP contribution in [-0.4, -0.2) is 41.7 Å². The number of hydrogen-bond acceptors (Lipinski definition) is 7. The van der Waals surface area contributed by atoms with Crippen LogP contribution in [0.4, 0.5) is 0 Å². The molecule has 1 aromatic heterocycles.